The standard InChI is InChI=1S/C28H35N3O5/c1-3-35-28(34)13-17-36-24-9-10-26-25(18-24)23(19-30-26)12-14-31(15-16-32)20-22-6-4-21(5-7-22)8-11-27(33)29-2/h4-11,18-19,30,32H,3,12-17,20H2,1-2H3,(H,29,33)/p+1/b11-8+. The molecule has 0 aliphatic rings. The number of amides is 1. The fourth-order valence-electron chi connectivity index (χ4n) is 3.90. The number of ether oxygens (including phenoxy) is 2. The van der Waals surface area contributed by atoms with E-state index in [0.29, 0.717) is 18.9 Å². The molecule has 0 saturated carbocycles. The van der Waals surface area contributed by atoms with Gasteiger partial charge in [0.05, 0.1) is 33.3 Å². The van der Waals surface area contributed by atoms with Crippen molar-refractivity contribution in [2.45, 2.75) is 26.3 Å². The minimum absolute atomic E-state index is 0.0131. The van der Waals surface area contributed by atoms with E-state index < -0.39 is 0 Å². The number of benzene rings is 2. The van der Waals surface area contributed by atoms with Crippen LogP contribution in [0.25, 0.3) is 17.0 Å². The SMILES string of the molecule is CCOC(=O)CCOc1ccc2[nH]cc(CCN(CCO)Cc3ccc(/C=C/C(=O)[NH2+]C)cc3)c2c1. The molecule has 36 heavy (non-hydrogen) atoms. The summed E-state index contributed by atoms with van der Waals surface area (Å²) in [5.41, 5.74) is 4.31. The van der Waals surface area contributed by atoms with Crippen molar-refractivity contribution in [2.75, 3.05) is 40.0 Å². The van der Waals surface area contributed by atoms with Crippen LogP contribution in [0.4, 0.5) is 0 Å². The number of hydrogen-bond acceptors (Lipinski definition) is 6. The molecular weight excluding hydrogens is 458 g/mol. The molecule has 3 aromatic rings. The van der Waals surface area contributed by atoms with Crippen LogP contribution in [0.15, 0.2) is 54.7 Å². The van der Waals surface area contributed by atoms with Gasteiger partial charge in [-0.3, -0.25) is 15.0 Å². The average molecular weight is 495 g/mol. The van der Waals surface area contributed by atoms with Gasteiger partial charge in [-0.1, -0.05) is 24.3 Å². The van der Waals surface area contributed by atoms with E-state index in [9.17, 15) is 14.7 Å². The van der Waals surface area contributed by atoms with Gasteiger partial charge in [-0.05, 0) is 54.3 Å². The van der Waals surface area contributed by atoms with Gasteiger partial charge >= 0.3 is 11.9 Å². The van der Waals surface area contributed by atoms with Crippen LogP contribution in [0.1, 0.15) is 30.0 Å². The maximum atomic E-state index is 11.5. The number of quaternary nitrogens is 1. The minimum Gasteiger partial charge on any atom is -0.493 e. The van der Waals surface area contributed by atoms with Crippen LogP contribution in [-0.4, -0.2) is 66.8 Å². The summed E-state index contributed by atoms with van der Waals surface area (Å²) < 4.78 is 10.7. The predicted octanol–water partition coefficient (Wildman–Crippen LogP) is 2.27. The van der Waals surface area contributed by atoms with Crippen molar-refractivity contribution in [3.05, 3.63) is 71.4 Å². The molecule has 8 nitrogen and oxygen atoms in total. The quantitative estimate of drug-likeness (QED) is 0.234. The zero-order valence-corrected chi connectivity index (χ0v) is 21.0. The van der Waals surface area contributed by atoms with E-state index in [1.807, 2.05) is 42.6 Å². The first-order chi connectivity index (χ1) is 17.5. The van der Waals surface area contributed by atoms with E-state index in [-0.39, 0.29) is 31.5 Å². The van der Waals surface area contributed by atoms with Crippen LogP contribution in [0, 0.1) is 0 Å². The molecule has 192 valence electrons. The smallest absolute Gasteiger partial charge is 0.335 e. The number of nitrogens with two attached hydrogens (primary N) is 1. The largest absolute Gasteiger partial charge is 0.493 e. The lowest BCUT2D eigenvalue weighted by Crippen LogP contribution is -2.83. The molecule has 1 heterocycles. The number of carbonyl (C=O) groups excluding carboxylic acids is 2. The molecule has 8 heteroatoms. The van der Waals surface area contributed by atoms with Gasteiger partial charge < -0.3 is 19.6 Å². The van der Waals surface area contributed by atoms with E-state index in [0.717, 1.165) is 41.5 Å². The molecule has 0 bridgehead atoms. The number of nitrogens with one attached hydrogen (secondary N) is 1. The number of primary amides is 1. The first-order valence-corrected chi connectivity index (χ1v) is 12.3. The first-order valence-electron chi connectivity index (χ1n) is 12.3. The van der Waals surface area contributed by atoms with Crippen molar-refractivity contribution >= 4 is 28.9 Å². The molecule has 0 unspecified atom stereocenters. The Balaban J connectivity index is 1.59. The molecule has 3 rings (SSSR count). The third-order valence-corrected chi connectivity index (χ3v) is 5.84. The third kappa shape index (κ3) is 8.34. The van der Waals surface area contributed by atoms with Crippen LogP contribution < -0.4 is 10.1 Å². The Morgan fingerprint density at radius 2 is 1.94 bits per heavy atom. The third-order valence-electron chi connectivity index (χ3n) is 5.84. The summed E-state index contributed by atoms with van der Waals surface area (Å²) in [5, 5.41) is 12.2. The molecule has 0 saturated heterocycles. The Kier molecular flexibility index (Phi) is 10.7. The molecular formula is C28H36N3O5+. The normalized spacial score (nSPS) is 11.4. The Morgan fingerprint density at radius 3 is 2.67 bits per heavy atom. The Hall–Kier alpha value is -3.46. The first kappa shape index (κ1) is 27.1. The lowest BCUT2D eigenvalue weighted by Gasteiger charge is -2.21. The number of fused-ring (bicyclic) bond motifs is 1. The summed E-state index contributed by atoms with van der Waals surface area (Å²) in [6.45, 7) is 4.59. The van der Waals surface area contributed by atoms with Crippen molar-refractivity contribution in [3.63, 3.8) is 0 Å². The van der Waals surface area contributed by atoms with E-state index >= 15 is 0 Å². The summed E-state index contributed by atoms with van der Waals surface area (Å²) in [7, 11) is 1.73. The van der Waals surface area contributed by atoms with Gasteiger partial charge in [-0.15, -0.1) is 0 Å². The van der Waals surface area contributed by atoms with E-state index in [1.165, 1.54) is 10.9 Å². The predicted molar refractivity (Wildman–Crippen MR) is 139 cm³/mol. The Morgan fingerprint density at radius 1 is 1.14 bits per heavy atom. The number of H-pyrrole nitrogens is 1. The van der Waals surface area contributed by atoms with Gasteiger partial charge in [0.15, 0.2) is 0 Å². The molecule has 1 aromatic heterocycles. The van der Waals surface area contributed by atoms with Gasteiger partial charge in [0, 0.05) is 42.8 Å². The number of hydrogen-bond donors (Lipinski definition) is 3. The average Bonchev–Trinajstić information content (AvgIpc) is 3.29. The zero-order valence-electron chi connectivity index (χ0n) is 21.0. The fraction of sp³-hybridized carbons (Fsp3) is 0.357. The highest BCUT2D eigenvalue weighted by Gasteiger charge is 2.11. The van der Waals surface area contributed by atoms with Crippen LogP contribution >= 0.6 is 0 Å². The van der Waals surface area contributed by atoms with Crippen molar-refractivity contribution in [1.29, 1.82) is 0 Å². The minimum atomic E-state index is -0.263. The number of likely N-dealkylation sites (N-methyl/N-ethyl adjacent to an activating group) is 1. The topological polar surface area (TPSA) is 108 Å². The highest BCUT2D eigenvalue weighted by Crippen LogP contribution is 2.24. The number of rotatable bonds is 14. The number of aliphatic hydroxyl groups is 1. The summed E-state index contributed by atoms with van der Waals surface area (Å²) in [5.74, 6) is 0.439. The van der Waals surface area contributed by atoms with Gasteiger partial charge in [-0.2, -0.15) is 0 Å². The molecule has 0 aliphatic carbocycles. The summed E-state index contributed by atoms with van der Waals surface area (Å²) in [6.07, 6.45) is 6.41. The van der Waals surface area contributed by atoms with Gasteiger partial charge in [0.1, 0.15) is 5.75 Å². The monoisotopic (exact) mass is 494 g/mol. The molecule has 0 aliphatic heterocycles. The van der Waals surface area contributed by atoms with Crippen molar-refractivity contribution in [1.82, 2.24) is 9.88 Å². The van der Waals surface area contributed by atoms with Crippen molar-refractivity contribution in [2.24, 2.45) is 0 Å². The van der Waals surface area contributed by atoms with E-state index in [2.05, 4.69) is 22.0 Å². The second-order valence-electron chi connectivity index (χ2n) is 8.44. The van der Waals surface area contributed by atoms with Gasteiger partial charge in [0.25, 0.3) is 0 Å². The second-order valence-corrected chi connectivity index (χ2v) is 8.44. The number of carbonyl (C=O) groups is 2. The van der Waals surface area contributed by atoms with Gasteiger partial charge in [0.2, 0.25) is 0 Å². The molecule has 1 amide bonds. The Labute approximate surface area is 211 Å². The molecule has 0 radical (unpaired) electrons. The number of aliphatic hydroxyl groups excluding tert-OH is 1. The summed E-state index contributed by atoms with van der Waals surface area (Å²) >= 11 is 0. The highest BCUT2D eigenvalue weighted by molar-refractivity contribution is 5.85. The second kappa shape index (κ2) is 14.2. The van der Waals surface area contributed by atoms with Crippen molar-refractivity contribution in [3.8, 4) is 5.75 Å². The van der Waals surface area contributed by atoms with Gasteiger partial charge in [-0.25, -0.2) is 4.79 Å². The molecule has 0 spiro atoms. The highest BCUT2D eigenvalue weighted by atomic mass is 16.5. The summed E-state index contributed by atoms with van der Waals surface area (Å²) in [6, 6.07) is 14.0. The van der Waals surface area contributed by atoms with E-state index in [1.54, 1.807) is 20.0 Å². The van der Waals surface area contributed by atoms with Crippen LogP contribution in [-0.2, 0) is 27.3 Å². The molecule has 4 N–H and O–H groups in total. The number of esters is 1. The molecule has 0 fully saturated rings. The van der Waals surface area contributed by atoms with E-state index in [4.69, 9.17) is 9.47 Å². The van der Waals surface area contributed by atoms with Crippen LogP contribution in [0.3, 0.4) is 0 Å². The number of aromatic amines is 1. The molecule has 2 aromatic carbocycles. The number of nitrogens with zero attached hydrogens (tertiary/aromatic N) is 1. The zero-order chi connectivity index (χ0) is 25.8. The fourth-order valence-corrected chi connectivity index (χ4v) is 3.90. The van der Waals surface area contributed by atoms with Crippen LogP contribution in [0.5, 0.6) is 5.75 Å². The maximum absolute atomic E-state index is 11.5. The van der Waals surface area contributed by atoms with Crippen LogP contribution in [0.2, 0.25) is 0 Å². The molecule has 0 atom stereocenters. The lowest BCUT2D eigenvalue weighted by atomic mass is 10.1. The maximum Gasteiger partial charge on any atom is 0.335 e. The Bertz CT molecular complexity index is 1150. The summed E-state index contributed by atoms with van der Waals surface area (Å²) in [4.78, 5) is 28.5. The number of aromatic nitrogens is 1. The lowest BCUT2D eigenvalue weighted by molar-refractivity contribution is -0.534. The van der Waals surface area contributed by atoms with Crippen molar-refractivity contribution < 1.29 is 29.5 Å².